The number of aliphatic hydroxyl groups is 6. The van der Waals surface area contributed by atoms with Crippen LogP contribution in [0.15, 0.2) is 11.6 Å². The molecular formula is C23H34O8. The van der Waals surface area contributed by atoms with Gasteiger partial charge in [-0.2, -0.15) is 0 Å². The molecule has 0 aromatic rings. The van der Waals surface area contributed by atoms with Gasteiger partial charge in [0.05, 0.1) is 41.5 Å². The smallest absolute Gasteiger partial charge is 0.331 e. The normalized spacial score (nSPS) is 56.4. The van der Waals surface area contributed by atoms with E-state index in [2.05, 4.69) is 0 Å². The van der Waals surface area contributed by atoms with E-state index in [0.29, 0.717) is 19.3 Å². The van der Waals surface area contributed by atoms with Crippen molar-refractivity contribution < 1.29 is 40.2 Å². The molecule has 1 aliphatic heterocycles. The SMILES string of the molecule is C[C@]12C[C@@H](O)[C@H]3[C@@H](CC[C@]4(O)C[C@@H](O)C[C@@H](O)C34CO)[C@@]1(O)CC[C@@H]2C1=CC(=O)OC1. The Kier molecular flexibility index (Phi) is 4.74. The fourth-order valence-corrected chi connectivity index (χ4v) is 8.69. The number of cyclic esters (lactones) is 1. The first-order valence-corrected chi connectivity index (χ1v) is 11.5. The highest BCUT2D eigenvalue weighted by atomic mass is 16.5. The third-order valence-electron chi connectivity index (χ3n) is 10.1. The van der Waals surface area contributed by atoms with Gasteiger partial charge in [-0.1, -0.05) is 6.92 Å². The van der Waals surface area contributed by atoms with E-state index in [-0.39, 0.29) is 44.2 Å². The van der Waals surface area contributed by atoms with Crippen LogP contribution in [0.4, 0.5) is 0 Å². The van der Waals surface area contributed by atoms with Gasteiger partial charge >= 0.3 is 5.97 Å². The molecule has 0 aromatic heterocycles. The molecule has 0 aromatic carbocycles. The molecule has 0 spiro atoms. The van der Waals surface area contributed by atoms with Crippen molar-refractivity contribution >= 4 is 5.97 Å². The van der Waals surface area contributed by atoms with Crippen molar-refractivity contribution in [2.75, 3.05) is 13.2 Å². The maximum absolute atomic E-state index is 12.1. The molecule has 31 heavy (non-hydrogen) atoms. The zero-order chi connectivity index (χ0) is 22.4. The fraction of sp³-hybridized carbons (Fsp3) is 0.870. The highest BCUT2D eigenvalue weighted by Gasteiger charge is 2.75. The van der Waals surface area contributed by atoms with Gasteiger partial charge in [0.25, 0.3) is 0 Å². The van der Waals surface area contributed by atoms with E-state index in [1.165, 1.54) is 6.08 Å². The van der Waals surface area contributed by atoms with Crippen LogP contribution in [0.2, 0.25) is 0 Å². The predicted molar refractivity (Wildman–Crippen MR) is 107 cm³/mol. The fourth-order valence-electron chi connectivity index (χ4n) is 8.69. The van der Waals surface area contributed by atoms with E-state index in [0.717, 1.165) is 5.57 Å². The second kappa shape index (κ2) is 6.74. The summed E-state index contributed by atoms with van der Waals surface area (Å²) >= 11 is 0. The summed E-state index contributed by atoms with van der Waals surface area (Å²) in [6.45, 7) is 1.64. The lowest BCUT2D eigenvalue weighted by Gasteiger charge is -2.68. The van der Waals surface area contributed by atoms with Crippen LogP contribution in [0.5, 0.6) is 0 Å². The van der Waals surface area contributed by atoms with E-state index in [1.54, 1.807) is 0 Å². The van der Waals surface area contributed by atoms with E-state index in [9.17, 15) is 35.4 Å². The first-order chi connectivity index (χ1) is 14.5. The van der Waals surface area contributed by atoms with Crippen molar-refractivity contribution in [2.24, 2.45) is 28.6 Å². The Hall–Kier alpha value is -1.03. The van der Waals surface area contributed by atoms with Gasteiger partial charge in [-0.3, -0.25) is 0 Å². The third kappa shape index (κ3) is 2.55. The van der Waals surface area contributed by atoms with Gasteiger partial charge < -0.3 is 35.4 Å². The zero-order valence-corrected chi connectivity index (χ0v) is 17.9. The molecule has 4 fully saturated rings. The van der Waals surface area contributed by atoms with Gasteiger partial charge in [-0.15, -0.1) is 0 Å². The van der Waals surface area contributed by atoms with Crippen LogP contribution in [-0.4, -0.2) is 79.3 Å². The first kappa shape index (κ1) is 21.8. The summed E-state index contributed by atoms with van der Waals surface area (Å²) in [5, 5.41) is 67.0. The molecule has 174 valence electrons. The Balaban J connectivity index is 1.58. The molecule has 1 unspecified atom stereocenters. The largest absolute Gasteiger partial charge is 0.458 e. The summed E-state index contributed by atoms with van der Waals surface area (Å²) in [6.07, 6.45) is 0.531. The second-order valence-electron chi connectivity index (χ2n) is 11.0. The molecule has 5 rings (SSSR count). The number of rotatable bonds is 2. The van der Waals surface area contributed by atoms with E-state index >= 15 is 0 Å². The van der Waals surface area contributed by atoms with Gasteiger partial charge in [0.2, 0.25) is 0 Å². The van der Waals surface area contributed by atoms with Crippen molar-refractivity contribution in [1.29, 1.82) is 0 Å². The summed E-state index contributed by atoms with van der Waals surface area (Å²) in [5.74, 6) is -1.62. The minimum absolute atomic E-state index is 0.0173. The van der Waals surface area contributed by atoms with Gasteiger partial charge in [0.1, 0.15) is 6.61 Å². The van der Waals surface area contributed by atoms with Crippen LogP contribution >= 0.6 is 0 Å². The van der Waals surface area contributed by atoms with Crippen LogP contribution in [-0.2, 0) is 9.53 Å². The number of aliphatic hydroxyl groups excluding tert-OH is 4. The number of ether oxygens (including phenoxy) is 1. The summed E-state index contributed by atoms with van der Waals surface area (Å²) in [6, 6.07) is 0. The highest BCUT2D eigenvalue weighted by Crippen LogP contribution is 2.70. The van der Waals surface area contributed by atoms with Gasteiger partial charge in [-0.05, 0) is 49.5 Å². The zero-order valence-electron chi connectivity index (χ0n) is 17.9. The predicted octanol–water partition coefficient (Wildman–Crippen LogP) is -0.367. The Morgan fingerprint density at radius 1 is 1.13 bits per heavy atom. The standard InChI is InChI=1S/C23H34O8/c1-20-9-16(26)19-15(23(20,30)5-3-14(20)12-6-18(28)31-10-12)2-4-21(29)8-13(25)7-17(27)22(19,21)11-24/h6,13-17,19,24-27,29-30H,2-5,7-11H2,1H3/t13-,14+,15+,16+,17+,19+,20+,21-,22?,23-/m0/s1. The van der Waals surface area contributed by atoms with Crippen LogP contribution < -0.4 is 0 Å². The topological polar surface area (TPSA) is 148 Å². The second-order valence-corrected chi connectivity index (χ2v) is 11.0. The maximum atomic E-state index is 12.1. The number of hydrogen-bond donors (Lipinski definition) is 6. The Morgan fingerprint density at radius 2 is 1.87 bits per heavy atom. The first-order valence-electron chi connectivity index (χ1n) is 11.5. The number of hydrogen-bond acceptors (Lipinski definition) is 8. The molecule has 5 aliphatic rings. The Bertz CT molecular complexity index is 813. The van der Waals surface area contributed by atoms with Crippen molar-refractivity contribution in [3.8, 4) is 0 Å². The molecule has 4 aliphatic carbocycles. The van der Waals surface area contributed by atoms with Crippen LogP contribution in [0.1, 0.15) is 51.9 Å². The minimum atomic E-state index is -1.52. The molecule has 0 saturated heterocycles. The lowest BCUT2D eigenvalue weighted by molar-refractivity contribution is -0.317. The molecule has 4 saturated carbocycles. The molecular weight excluding hydrogens is 404 g/mol. The highest BCUT2D eigenvalue weighted by molar-refractivity contribution is 5.85. The Morgan fingerprint density at radius 3 is 2.52 bits per heavy atom. The van der Waals surface area contributed by atoms with Gasteiger partial charge in [-0.25, -0.2) is 4.79 Å². The molecule has 1 heterocycles. The lowest BCUT2D eigenvalue weighted by atomic mass is 9.40. The number of carbonyl (C=O) groups is 1. The van der Waals surface area contributed by atoms with Crippen LogP contribution in [0.25, 0.3) is 0 Å². The van der Waals surface area contributed by atoms with E-state index in [4.69, 9.17) is 4.74 Å². The van der Waals surface area contributed by atoms with Crippen LogP contribution in [0, 0.1) is 28.6 Å². The molecule has 6 N–H and O–H groups in total. The summed E-state index contributed by atoms with van der Waals surface area (Å²) in [7, 11) is 0. The maximum Gasteiger partial charge on any atom is 0.331 e. The summed E-state index contributed by atoms with van der Waals surface area (Å²) < 4.78 is 5.11. The van der Waals surface area contributed by atoms with Crippen LogP contribution in [0.3, 0.4) is 0 Å². The molecule has 8 nitrogen and oxygen atoms in total. The molecule has 10 atom stereocenters. The van der Waals surface area contributed by atoms with E-state index in [1.807, 2.05) is 6.92 Å². The third-order valence-corrected chi connectivity index (χ3v) is 10.1. The quantitative estimate of drug-likeness (QED) is 0.320. The van der Waals surface area contributed by atoms with Gasteiger partial charge in [0, 0.05) is 30.3 Å². The molecule has 0 amide bonds. The number of esters is 1. The van der Waals surface area contributed by atoms with E-state index < -0.39 is 58.8 Å². The lowest BCUT2D eigenvalue weighted by Crippen LogP contribution is -2.75. The molecule has 0 bridgehead atoms. The molecule has 8 heteroatoms. The summed E-state index contributed by atoms with van der Waals surface area (Å²) in [4.78, 5) is 11.7. The number of carbonyl (C=O) groups excluding carboxylic acids is 1. The van der Waals surface area contributed by atoms with Crippen molar-refractivity contribution in [1.82, 2.24) is 0 Å². The monoisotopic (exact) mass is 438 g/mol. The van der Waals surface area contributed by atoms with Crippen molar-refractivity contribution in [2.45, 2.75) is 81.4 Å². The minimum Gasteiger partial charge on any atom is -0.458 e. The van der Waals surface area contributed by atoms with Crippen molar-refractivity contribution in [3.05, 3.63) is 11.6 Å². The van der Waals surface area contributed by atoms with Crippen molar-refractivity contribution in [3.63, 3.8) is 0 Å². The average Bonchev–Trinajstić information content (AvgIpc) is 3.21. The average molecular weight is 439 g/mol. The Labute approximate surface area is 181 Å². The molecule has 0 radical (unpaired) electrons. The summed E-state index contributed by atoms with van der Waals surface area (Å²) in [5.41, 5.74) is -3.95. The number of fused-ring (bicyclic) bond motifs is 5. The van der Waals surface area contributed by atoms with Gasteiger partial charge in [0.15, 0.2) is 0 Å².